The Morgan fingerprint density at radius 3 is 2.48 bits per heavy atom. The number of carbonyl (C=O) groups is 1. The quantitative estimate of drug-likeness (QED) is 0.230. The Hall–Kier alpha value is -1.31. The molecule has 5 nitrogen and oxygen atoms in total. The second kappa shape index (κ2) is 10.9. The van der Waals surface area contributed by atoms with Gasteiger partial charge in [0.05, 0.1) is 0 Å². The Morgan fingerprint density at radius 1 is 1.15 bits per heavy atom. The van der Waals surface area contributed by atoms with Crippen molar-refractivity contribution >= 4 is 35.8 Å². The van der Waals surface area contributed by atoms with Crippen LogP contribution >= 0.6 is 24.0 Å². The first-order valence-corrected chi connectivity index (χ1v) is 10.0. The summed E-state index contributed by atoms with van der Waals surface area (Å²) in [6.45, 7) is 1.66. The van der Waals surface area contributed by atoms with Gasteiger partial charge < -0.3 is 16.0 Å². The lowest BCUT2D eigenvalue weighted by molar-refractivity contribution is -0.121. The highest BCUT2D eigenvalue weighted by Crippen LogP contribution is 2.40. The minimum Gasteiger partial charge on any atom is -0.356 e. The largest absolute Gasteiger partial charge is 0.356 e. The smallest absolute Gasteiger partial charge is 0.220 e. The van der Waals surface area contributed by atoms with E-state index in [0.29, 0.717) is 12.5 Å². The minimum atomic E-state index is 0. The number of hydrogen-bond acceptors (Lipinski definition) is 2. The van der Waals surface area contributed by atoms with Gasteiger partial charge in [-0.15, -0.1) is 24.0 Å². The second-order valence-corrected chi connectivity index (χ2v) is 7.65. The molecule has 0 saturated heterocycles. The number of rotatable bonds is 8. The zero-order valence-corrected chi connectivity index (χ0v) is 18.6. The van der Waals surface area contributed by atoms with Crippen LogP contribution < -0.4 is 16.0 Å². The van der Waals surface area contributed by atoms with Gasteiger partial charge in [-0.25, -0.2) is 0 Å². The maximum atomic E-state index is 11.7. The molecule has 0 unspecified atom stereocenters. The molecule has 0 bridgehead atoms. The van der Waals surface area contributed by atoms with Crippen LogP contribution in [0.15, 0.2) is 35.3 Å². The van der Waals surface area contributed by atoms with E-state index in [2.05, 4.69) is 51.3 Å². The maximum absolute atomic E-state index is 11.7. The summed E-state index contributed by atoms with van der Waals surface area (Å²) in [5.74, 6) is 1.00. The van der Waals surface area contributed by atoms with Crippen molar-refractivity contribution in [2.75, 3.05) is 20.1 Å². The molecule has 6 heteroatoms. The zero-order chi connectivity index (χ0) is 18.2. The Morgan fingerprint density at radius 2 is 1.85 bits per heavy atom. The highest BCUT2D eigenvalue weighted by Gasteiger charge is 2.35. The fourth-order valence-electron chi connectivity index (χ4n) is 3.87. The standard InChI is InChI=1S/C21H32N4O.HI/c1-22-20(23-15-7-10-19(26)25-18-11-12-18)24-16-21(13-5-6-14-21)17-8-3-2-4-9-17;/h2-4,8-9,18H,5-7,10-16H2,1H3,(H,25,26)(H2,22,23,24);1H. The molecule has 0 aromatic heterocycles. The first kappa shape index (κ1) is 22.0. The summed E-state index contributed by atoms with van der Waals surface area (Å²) in [6, 6.07) is 11.3. The molecule has 2 saturated carbocycles. The summed E-state index contributed by atoms with van der Waals surface area (Å²) < 4.78 is 0. The molecule has 2 aliphatic rings. The molecular weight excluding hydrogens is 451 g/mol. The van der Waals surface area contributed by atoms with E-state index in [4.69, 9.17) is 0 Å². The predicted molar refractivity (Wildman–Crippen MR) is 122 cm³/mol. The van der Waals surface area contributed by atoms with Gasteiger partial charge >= 0.3 is 0 Å². The molecule has 2 fully saturated rings. The average Bonchev–Trinajstić information content (AvgIpc) is 3.35. The maximum Gasteiger partial charge on any atom is 0.220 e. The van der Waals surface area contributed by atoms with E-state index in [0.717, 1.165) is 38.3 Å². The molecule has 0 atom stereocenters. The lowest BCUT2D eigenvalue weighted by atomic mass is 9.79. The van der Waals surface area contributed by atoms with Crippen LogP contribution in [0.5, 0.6) is 0 Å². The van der Waals surface area contributed by atoms with Gasteiger partial charge in [-0.3, -0.25) is 9.79 Å². The highest BCUT2D eigenvalue weighted by molar-refractivity contribution is 14.0. The fourth-order valence-corrected chi connectivity index (χ4v) is 3.87. The first-order valence-electron chi connectivity index (χ1n) is 10.0. The van der Waals surface area contributed by atoms with Crippen LogP contribution in [0.3, 0.4) is 0 Å². The van der Waals surface area contributed by atoms with Gasteiger partial charge in [-0.1, -0.05) is 43.2 Å². The third kappa shape index (κ3) is 6.66. The fraction of sp³-hybridized carbons (Fsp3) is 0.619. The van der Waals surface area contributed by atoms with Crippen LogP contribution in [0.25, 0.3) is 0 Å². The minimum absolute atomic E-state index is 0. The van der Waals surface area contributed by atoms with Crippen LogP contribution in [0, 0.1) is 0 Å². The number of aliphatic imine (C=N–C) groups is 1. The average molecular weight is 484 g/mol. The third-order valence-corrected chi connectivity index (χ3v) is 5.58. The first-order chi connectivity index (χ1) is 12.7. The topological polar surface area (TPSA) is 65.5 Å². The Labute approximate surface area is 180 Å². The van der Waals surface area contributed by atoms with Gasteiger partial charge in [0.1, 0.15) is 0 Å². The summed E-state index contributed by atoms with van der Waals surface area (Å²) >= 11 is 0. The van der Waals surface area contributed by atoms with Gasteiger partial charge in [0.25, 0.3) is 0 Å². The van der Waals surface area contributed by atoms with Gasteiger partial charge in [0.2, 0.25) is 5.91 Å². The normalized spacial score (nSPS) is 18.5. The summed E-state index contributed by atoms with van der Waals surface area (Å²) in [7, 11) is 1.80. The number of hydrogen-bond donors (Lipinski definition) is 3. The SMILES string of the molecule is CN=C(NCCCC(=O)NC1CC1)NCC1(c2ccccc2)CCCC1.I. The summed E-state index contributed by atoms with van der Waals surface area (Å²) in [6.07, 6.45) is 8.72. The molecule has 0 heterocycles. The molecule has 0 radical (unpaired) electrons. The van der Waals surface area contributed by atoms with Crippen molar-refractivity contribution in [2.45, 2.75) is 62.8 Å². The number of nitrogens with one attached hydrogen (secondary N) is 3. The molecule has 0 aliphatic heterocycles. The number of halogens is 1. The van der Waals surface area contributed by atoms with Crippen molar-refractivity contribution in [2.24, 2.45) is 4.99 Å². The molecule has 1 amide bonds. The van der Waals surface area contributed by atoms with E-state index in [-0.39, 0.29) is 35.3 Å². The summed E-state index contributed by atoms with van der Waals surface area (Å²) in [5, 5.41) is 9.89. The van der Waals surface area contributed by atoms with Gasteiger partial charge in [0.15, 0.2) is 5.96 Å². The van der Waals surface area contributed by atoms with E-state index < -0.39 is 0 Å². The van der Waals surface area contributed by atoms with Crippen molar-refractivity contribution < 1.29 is 4.79 Å². The number of benzene rings is 1. The Kier molecular flexibility index (Phi) is 8.86. The monoisotopic (exact) mass is 484 g/mol. The van der Waals surface area contributed by atoms with Gasteiger partial charge in [-0.2, -0.15) is 0 Å². The van der Waals surface area contributed by atoms with E-state index in [1.165, 1.54) is 31.2 Å². The molecule has 3 rings (SSSR count). The predicted octanol–water partition coefficient (Wildman–Crippen LogP) is 3.34. The Bertz CT molecular complexity index is 610. The third-order valence-electron chi connectivity index (χ3n) is 5.58. The van der Waals surface area contributed by atoms with E-state index >= 15 is 0 Å². The van der Waals surface area contributed by atoms with Crippen LogP contribution in [0.2, 0.25) is 0 Å². The van der Waals surface area contributed by atoms with Crippen molar-refractivity contribution in [3.05, 3.63) is 35.9 Å². The number of nitrogens with zero attached hydrogens (tertiary/aromatic N) is 1. The summed E-state index contributed by atoms with van der Waals surface area (Å²) in [5.41, 5.74) is 1.64. The van der Waals surface area contributed by atoms with Crippen LogP contribution in [0.4, 0.5) is 0 Å². The van der Waals surface area contributed by atoms with Crippen LogP contribution in [-0.2, 0) is 10.2 Å². The van der Waals surface area contributed by atoms with Crippen molar-refractivity contribution in [1.82, 2.24) is 16.0 Å². The lowest BCUT2D eigenvalue weighted by Gasteiger charge is -2.30. The van der Waals surface area contributed by atoms with E-state index in [9.17, 15) is 4.79 Å². The lowest BCUT2D eigenvalue weighted by Crippen LogP contribution is -2.45. The molecule has 1 aromatic carbocycles. The molecule has 0 spiro atoms. The highest BCUT2D eigenvalue weighted by atomic mass is 127. The zero-order valence-electron chi connectivity index (χ0n) is 16.3. The number of carbonyl (C=O) groups excluding carboxylic acids is 1. The molecule has 27 heavy (non-hydrogen) atoms. The van der Waals surface area contributed by atoms with E-state index in [1.807, 2.05) is 0 Å². The van der Waals surface area contributed by atoms with Crippen molar-refractivity contribution in [3.8, 4) is 0 Å². The number of guanidine groups is 1. The molecule has 1 aromatic rings. The molecule has 150 valence electrons. The van der Waals surface area contributed by atoms with Crippen LogP contribution in [-0.4, -0.2) is 38.0 Å². The molecular formula is C21H33IN4O. The van der Waals surface area contributed by atoms with Gasteiger partial charge in [0, 0.05) is 38.0 Å². The molecule has 3 N–H and O–H groups in total. The van der Waals surface area contributed by atoms with Gasteiger partial charge in [-0.05, 0) is 37.7 Å². The molecule has 2 aliphatic carbocycles. The second-order valence-electron chi connectivity index (χ2n) is 7.65. The van der Waals surface area contributed by atoms with Crippen molar-refractivity contribution in [1.29, 1.82) is 0 Å². The van der Waals surface area contributed by atoms with E-state index in [1.54, 1.807) is 7.05 Å². The summed E-state index contributed by atoms with van der Waals surface area (Å²) in [4.78, 5) is 16.1. The Balaban J connectivity index is 0.00000261. The van der Waals surface area contributed by atoms with Crippen LogP contribution in [0.1, 0.15) is 56.9 Å². The van der Waals surface area contributed by atoms with Crippen molar-refractivity contribution in [3.63, 3.8) is 0 Å². The number of amides is 1.